The molecule has 0 spiro atoms. The zero-order valence-corrected chi connectivity index (χ0v) is 12.9. The third kappa shape index (κ3) is 3.64. The lowest BCUT2D eigenvalue weighted by Gasteiger charge is -2.35. The average Bonchev–Trinajstić information content (AvgIpc) is 2.79. The number of rotatable bonds is 3. The molecule has 1 amide bonds. The van der Waals surface area contributed by atoms with Crippen molar-refractivity contribution in [2.45, 2.75) is 38.3 Å². The van der Waals surface area contributed by atoms with Gasteiger partial charge in [-0.25, -0.2) is 4.79 Å². The number of nitrogens with one attached hydrogen (secondary N) is 1. The largest absolute Gasteiger partial charge is 0.464 e. The van der Waals surface area contributed by atoms with Gasteiger partial charge in [0.05, 0.1) is 18.3 Å². The van der Waals surface area contributed by atoms with Crippen LogP contribution in [0.5, 0.6) is 0 Å². The fraction of sp³-hybridized carbons (Fsp3) is 0.600. The number of esters is 1. The molecule has 0 aromatic carbocycles. The average molecular weight is 294 g/mol. The Bertz CT molecular complexity index is 548. The van der Waals surface area contributed by atoms with Crippen LogP contribution in [0.15, 0.2) is 12.3 Å². The summed E-state index contributed by atoms with van der Waals surface area (Å²) in [5.74, 6) is -0.632. The van der Waals surface area contributed by atoms with Crippen molar-refractivity contribution in [1.82, 2.24) is 9.88 Å². The van der Waals surface area contributed by atoms with E-state index in [9.17, 15) is 9.59 Å². The first-order valence-corrected chi connectivity index (χ1v) is 7.02. The number of nitrogens with zero attached hydrogens (tertiary/aromatic N) is 1. The van der Waals surface area contributed by atoms with Crippen LogP contribution in [0.4, 0.5) is 0 Å². The molecule has 1 unspecified atom stereocenters. The van der Waals surface area contributed by atoms with E-state index in [1.54, 1.807) is 23.9 Å². The number of aryl methyl sites for hydroxylation is 1. The second-order valence-corrected chi connectivity index (χ2v) is 5.99. The Hall–Kier alpha value is -1.82. The molecule has 1 fully saturated rings. The molecule has 1 aliphatic heterocycles. The molecule has 1 aliphatic rings. The lowest BCUT2D eigenvalue weighted by atomic mass is 9.94. The van der Waals surface area contributed by atoms with Gasteiger partial charge in [0, 0.05) is 25.9 Å². The van der Waals surface area contributed by atoms with Crippen molar-refractivity contribution in [1.29, 1.82) is 0 Å². The highest BCUT2D eigenvalue weighted by Crippen LogP contribution is 2.24. The topological polar surface area (TPSA) is 69.6 Å². The molecule has 0 bridgehead atoms. The Balaban J connectivity index is 2.05. The van der Waals surface area contributed by atoms with Gasteiger partial charge in [0.1, 0.15) is 5.69 Å². The van der Waals surface area contributed by atoms with E-state index in [0.29, 0.717) is 17.9 Å². The Labute approximate surface area is 124 Å². The number of carbonyl (C=O) groups is 2. The molecule has 2 rings (SSSR count). The minimum Gasteiger partial charge on any atom is -0.464 e. The van der Waals surface area contributed by atoms with Crippen LogP contribution in [-0.4, -0.2) is 41.8 Å². The molecule has 0 radical (unpaired) electrons. The van der Waals surface area contributed by atoms with E-state index in [1.165, 1.54) is 7.11 Å². The van der Waals surface area contributed by atoms with Crippen molar-refractivity contribution in [2.75, 3.05) is 13.7 Å². The summed E-state index contributed by atoms with van der Waals surface area (Å²) in [6, 6.07) is 1.63. The van der Waals surface area contributed by atoms with Crippen LogP contribution in [-0.2, 0) is 16.5 Å². The standard InChI is InChI=1S/C15H22N2O4/c1-15(2)8-11(5-6-21-15)16-13(18)10-7-12(14(19)20-4)17(3)9-10/h7,9,11H,5-6,8H2,1-4H3,(H,16,18). The third-order valence-electron chi connectivity index (χ3n) is 3.69. The fourth-order valence-corrected chi connectivity index (χ4v) is 2.62. The molecule has 1 N–H and O–H groups in total. The number of methoxy groups -OCH3 is 1. The number of hydrogen-bond donors (Lipinski definition) is 1. The van der Waals surface area contributed by atoms with E-state index < -0.39 is 5.97 Å². The summed E-state index contributed by atoms with van der Waals surface area (Å²) in [6.45, 7) is 4.67. The molecule has 2 heterocycles. The molecule has 1 atom stereocenters. The predicted molar refractivity (Wildman–Crippen MR) is 77.3 cm³/mol. The first-order valence-electron chi connectivity index (χ1n) is 7.02. The fourth-order valence-electron chi connectivity index (χ4n) is 2.62. The molecule has 6 nitrogen and oxygen atoms in total. The van der Waals surface area contributed by atoms with Crippen molar-refractivity contribution in [3.63, 3.8) is 0 Å². The van der Waals surface area contributed by atoms with Crippen LogP contribution in [0.25, 0.3) is 0 Å². The van der Waals surface area contributed by atoms with Gasteiger partial charge in [-0.3, -0.25) is 4.79 Å². The van der Waals surface area contributed by atoms with Gasteiger partial charge in [-0.1, -0.05) is 0 Å². The number of carbonyl (C=O) groups excluding carboxylic acids is 2. The van der Waals surface area contributed by atoms with E-state index in [2.05, 4.69) is 10.1 Å². The van der Waals surface area contributed by atoms with Crippen molar-refractivity contribution in [2.24, 2.45) is 7.05 Å². The van der Waals surface area contributed by atoms with Crippen molar-refractivity contribution < 1.29 is 19.1 Å². The van der Waals surface area contributed by atoms with E-state index in [-0.39, 0.29) is 17.6 Å². The summed E-state index contributed by atoms with van der Waals surface area (Å²) >= 11 is 0. The van der Waals surface area contributed by atoms with Gasteiger partial charge in [0.15, 0.2) is 0 Å². The van der Waals surface area contributed by atoms with E-state index in [4.69, 9.17) is 4.74 Å². The van der Waals surface area contributed by atoms with Crippen LogP contribution in [0.3, 0.4) is 0 Å². The second-order valence-electron chi connectivity index (χ2n) is 5.99. The molecule has 1 aromatic rings. The maximum Gasteiger partial charge on any atom is 0.354 e. The lowest BCUT2D eigenvalue weighted by molar-refractivity contribution is -0.0615. The molecule has 6 heteroatoms. The molecular formula is C15H22N2O4. The maximum absolute atomic E-state index is 12.3. The third-order valence-corrected chi connectivity index (χ3v) is 3.69. The summed E-state index contributed by atoms with van der Waals surface area (Å²) in [7, 11) is 3.03. The summed E-state index contributed by atoms with van der Waals surface area (Å²) in [4.78, 5) is 23.8. The number of amides is 1. The minimum atomic E-state index is -0.455. The SMILES string of the molecule is COC(=O)c1cc(C(=O)NC2CCOC(C)(C)C2)cn1C. The quantitative estimate of drug-likeness (QED) is 0.858. The summed E-state index contributed by atoms with van der Waals surface area (Å²) in [5, 5.41) is 3.00. The van der Waals surface area contributed by atoms with Crippen LogP contribution < -0.4 is 5.32 Å². The molecule has 21 heavy (non-hydrogen) atoms. The zero-order valence-electron chi connectivity index (χ0n) is 12.9. The highest BCUT2D eigenvalue weighted by atomic mass is 16.5. The maximum atomic E-state index is 12.3. The molecule has 0 aliphatic carbocycles. The first-order chi connectivity index (χ1) is 9.82. The highest BCUT2D eigenvalue weighted by Gasteiger charge is 2.30. The van der Waals surface area contributed by atoms with E-state index in [1.807, 2.05) is 13.8 Å². The van der Waals surface area contributed by atoms with Gasteiger partial charge in [-0.2, -0.15) is 0 Å². The van der Waals surface area contributed by atoms with Crippen LogP contribution in [0.1, 0.15) is 47.5 Å². The number of aromatic nitrogens is 1. The van der Waals surface area contributed by atoms with Crippen LogP contribution in [0.2, 0.25) is 0 Å². The Morgan fingerprint density at radius 2 is 2.19 bits per heavy atom. The van der Waals surface area contributed by atoms with Gasteiger partial charge in [0.25, 0.3) is 5.91 Å². The Morgan fingerprint density at radius 1 is 1.48 bits per heavy atom. The summed E-state index contributed by atoms with van der Waals surface area (Å²) < 4.78 is 11.9. The van der Waals surface area contributed by atoms with Crippen LogP contribution >= 0.6 is 0 Å². The summed E-state index contributed by atoms with van der Waals surface area (Å²) in [6.07, 6.45) is 3.20. The lowest BCUT2D eigenvalue weighted by Crippen LogP contribution is -2.45. The second kappa shape index (κ2) is 5.89. The van der Waals surface area contributed by atoms with Crippen molar-refractivity contribution in [3.8, 4) is 0 Å². The molecule has 1 aromatic heterocycles. The normalized spacial score (nSPS) is 20.9. The first kappa shape index (κ1) is 15.6. The smallest absolute Gasteiger partial charge is 0.354 e. The number of hydrogen-bond acceptors (Lipinski definition) is 4. The Kier molecular flexibility index (Phi) is 4.37. The summed E-state index contributed by atoms with van der Waals surface area (Å²) in [5.41, 5.74) is 0.599. The van der Waals surface area contributed by atoms with E-state index in [0.717, 1.165) is 12.8 Å². The molecular weight excluding hydrogens is 272 g/mol. The zero-order chi connectivity index (χ0) is 15.6. The minimum absolute atomic E-state index is 0.0861. The van der Waals surface area contributed by atoms with Gasteiger partial charge < -0.3 is 19.4 Å². The van der Waals surface area contributed by atoms with Crippen molar-refractivity contribution >= 4 is 11.9 Å². The molecule has 1 saturated heterocycles. The monoisotopic (exact) mass is 294 g/mol. The van der Waals surface area contributed by atoms with Gasteiger partial charge in [-0.15, -0.1) is 0 Å². The van der Waals surface area contributed by atoms with E-state index >= 15 is 0 Å². The molecule has 116 valence electrons. The van der Waals surface area contributed by atoms with Gasteiger partial charge >= 0.3 is 5.97 Å². The van der Waals surface area contributed by atoms with Crippen molar-refractivity contribution in [3.05, 3.63) is 23.5 Å². The Morgan fingerprint density at radius 3 is 2.81 bits per heavy atom. The van der Waals surface area contributed by atoms with Crippen LogP contribution in [0, 0.1) is 0 Å². The predicted octanol–water partition coefficient (Wildman–Crippen LogP) is 1.50. The molecule has 0 saturated carbocycles. The number of ether oxygens (including phenoxy) is 2. The highest BCUT2D eigenvalue weighted by molar-refractivity contribution is 5.97. The van der Waals surface area contributed by atoms with Gasteiger partial charge in [0.2, 0.25) is 0 Å². The van der Waals surface area contributed by atoms with Gasteiger partial charge in [-0.05, 0) is 32.8 Å².